The maximum absolute atomic E-state index is 12.3. The van der Waals surface area contributed by atoms with E-state index in [4.69, 9.17) is 13.6 Å². The first-order valence-corrected chi connectivity index (χ1v) is 9.29. The molecule has 2 aliphatic rings. The molecule has 0 amide bonds. The van der Waals surface area contributed by atoms with E-state index < -0.39 is 5.63 Å². The van der Waals surface area contributed by atoms with Crippen molar-refractivity contribution in [3.8, 4) is 17.1 Å². The largest absolute Gasteiger partial charge is 0.490 e. The number of hydrogen-bond donors (Lipinski definition) is 1. The van der Waals surface area contributed by atoms with Crippen molar-refractivity contribution in [3.05, 3.63) is 53.1 Å². The smallest absolute Gasteiger partial charge is 0.347 e. The summed E-state index contributed by atoms with van der Waals surface area (Å²) >= 11 is 0. The van der Waals surface area contributed by atoms with Crippen LogP contribution in [0.4, 0.5) is 0 Å². The van der Waals surface area contributed by atoms with Crippen LogP contribution < -0.4 is 15.7 Å². The maximum Gasteiger partial charge on any atom is 0.347 e. The zero-order chi connectivity index (χ0) is 17.5. The predicted octanol–water partition coefficient (Wildman–Crippen LogP) is 4.10. The minimum atomic E-state index is -0.402. The van der Waals surface area contributed by atoms with E-state index in [1.165, 1.54) is 19.3 Å². The van der Waals surface area contributed by atoms with Crippen molar-refractivity contribution >= 4 is 11.0 Å². The van der Waals surface area contributed by atoms with E-state index in [1.54, 1.807) is 24.5 Å². The highest BCUT2D eigenvalue weighted by Gasteiger charge is 2.32. The van der Waals surface area contributed by atoms with Crippen molar-refractivity contribution in [2.45, 2.75) is 50.3 Å². The summed E-state index contributed by atoms with van der Waals surface area (Å²) in [5.74, 6) is 1.28. The van der Waals surface area contributed by atoms with Crippen LogP contribution in [-0.4, -0.2) is 18.2 Å². The van der Waals surface area contributed by atoms with Gasteiger partial charge in [-0.1, -0.05) is 6.42 Å². The van der Waals surface area contributed by atoms with Crippen molar-refractivity contribution in [2.24, 2.45) is 0 Å². The van der Waals surface area contributed by atoms with Gasteiger partial charge < -0.3 is 18.9 Å². The average Bonchev–Trinajstić information content (AvgIpc) is 3.15. The van der Waals surface area contributed by atoms with Gasteiger partial charge in [-0.3, -0.25) is 0 Å². The SMILES string of the molecule is O=c1oc2cc(OC3CC4CCCC(C3)N4)ccc2cc1-c1ccco1. The molecule has 0 spiro atoms. The molecule has 2 fully saturated rings. The molecular weight excluding hydrogens is 330 g/mol. The molecule has 2 saturated heterocycles. The number of furan rings is 1. The Morgan fingerprint density at radius 3 is 2.69 bits per heavy atom. The van der Waals surface area contributed by atoms with Gasteiger partial charge in [0.15, 0.2) is 0 Å². The molecule has 2 aromatic heterocycles. The minimum Gasteiger partial charge on any atom is -0.490 e. The second-order valence-corrected chi connectivity index (χ2v) is 7.33. The molecule has 134 valence electrons. The molecule has 3 aromatic rings. The fraction of sp³-hybridized carbons (Fsp3) is 0.381. The predicted molar refractivity (Wildman–Crippen MR) is 98.4 cm³/mol. The molecule has 26 heavy (non-hydrogen) atoms. The highest BCUT2D eigenvalue weighted by atomic mass is 16.5. The first-order valence-electron chi connectivity index (χ1n) is 9.29. The summed E-state index contributed by atoms with van der Waals surface area (Å²) in [5.41, 5.74) is 0.570. The van der Waals surface area contributed by atoms with Crippen molar-refractivity contribution < 1.29 is 13.6 Å². The van der Waals surface area contributed by atoms with Gasteiger partial charge >= 0.3 is 5.63 Å². The van der Waals surface area contributed by atoms with Crippen LogP contribution in [0.15, 0.2) is 56.3 Å². The summed E-state index contributed by atoms with van der Waals surface area (Å²) in [6, 6.07) is 12.2. The third-order valence-electron chi connectivity index (χ3n) is 5.47. The Labute approximate surface area is 151 Å². The molecule has 2 unspecified atom stereocenters. The van der Waals surface area contributed by atoms with Crippen molar-refractivity contribution in [1.29, 1.82) is 0 Å². The van der Waals surface area contributed by atoms with Gasteiger partial charge in [0, 0.05) is 23.5 Å². The number of ether oxygens (including phenoxy) is 1. The summed E-state index contributed by atoms with van der Waals surface area (Å²) in [6.07, 6.45) is 7.62. The Morgan fingerprint density at radius 1 is 1.08 bits per heavy atom. The van der Waals surface area contributed by atoms with E-state index in [0.717, 1.165) is 24.0 Å². The molecule has 2 atom stereocenters. The average molecular weight is 351 g/mol. The number of nitrogens with one attached hydrogen (secondary N) is 1. The molecule has 0 radical (unpaired) electrons. The highest BCUT2D eigenvalue weighted by molar-refractivity contribution is 5.81. The Morgan fingerprint density at radius 2 is 1.92 bits per heavy atom. The zero-order valence-corrected chi connectivity index (χ0v) is 14.4. The summed E-state index contributed by atoms with van der Waals surface area (Å²) in [4.78, 5) is 12.3. The third-order valence-corrected chi connectivity index (χ3v) is 5.47. The molecule has 2 aliphatic heterocycles. The van der Waals surface area contributed by atoms with Crippen LogP contribution >= 0.6 is 0 Å². The molecule has 5 rings (SSSR count). The van der Waals surface area contributed by atoms with Crippen LogP contribution in [0.1, 0.15) is 32.1 Å². The summed E-state index contributed by atoms with van der Waals surface area (Å²) < 4.78 is 17.1. The fourth-order valence-corrected chi connectivity index (χ4v) is 4.27. The molecule has 5 heteroatoms. The number of hydrogen-bond acceptors (Lipinski definition) is 5. The molecule has 5 nitrogen and oxygen atoms in total. The molecule has 0 saturated carbocycles. The van der Waals surface area contributed by atoms with Crippen LogP contribution in [0.3, 0.4) is 0 Å². The molecule has 1 aromatic carbocycles. The molecule has 1 N–H and O–H groups in total. The quantitative estimate of drug-likeness (QED) is 0.720. The number of piperidine rings is 2. The maximum atomic E-state index is 12.3. The normalized spacial score (nSPS) is 25.3. The van der Waals surface area contributed by atoms with Crippen LogP contribution in [0, 0.1) is 0 Å². The van der Waals surface area contributed by atoms with Crippen LogP contribution in [0.5, 0.6) is 5.75 Å². The standard InChI is InChI=1S/C21H21NO4/c23-21-18(19-5-2-8-24-19)9-13-6-7-16(12-20(13)26-21)25-17-10-14-3-1-4-15(11-17)22-14/h2,5-9,12,14-15,17,22H,1,3-4,10-11H2. The van der Waals surface area contributed by atoms with Crippen LogP contribution in [-0.2, 0) is 0 Å². The summed E-state index contributed by atoms with van der Waals surface area (Å²) in [7, 11) is 0. The number of fused-ring (bicyclic) bond motifs is 3. The van der Waals surface area contributed by atoms with E-state index >= 15 is 0 Å². The van der Waals surface area contributed by atoms with E-state index in [-0.39, 0.29) is 6.10 Å². The third kappa shape index (κ3) is 2.92. The first kappa shape index (κ1) is 15.7. The van der Waals surface area contributed by atoms with Crippen LogP contribution in [0.25, 0.3) is 22.3 Å². The van der Waals surface area contributed by atoms with Gasteiger partial charge in [0.05, 0.1) is 6.26 Å². The monoisotopic (exact) mass is 351 g/mol. The van der Waals surface area contributed by atoms with E-state index in [2.05, 4.69) is 5.32 Å². The van der Waals surface area contributed by atoms with Gasteiger partial charge in [-0.15, -0.1) is 0 Å². The zero-order valence-electron chi connectivity index (χ0n) is 14.4. The lowest BCUT2D eigenvalue weighted by Gasteiger charge is -2.40. The van der Waals surface area contributed by atoms with Crippen molar-refractivity contribution in [2.75, 3.05) is 0 Å². The van der Waals surface area contributed by atoms with E-state index in [9.17, 15) is 4.79 Å². The minimum absolute atomic E-state index is 0.220. The number of rotatable bonds is 3. The van der Waals surface area contributed by atoms with Gasteiger partial charge in [-0.2, -0.15) is 0 Å². The molecule has 2 bridgehead atoms. The summed E-state index contributed by atoms with van der Waals surface area (Å²) in [6.45, 7) is 0. The van der Waals surface area contributed by atoms with Gasteiger partial charge in [-0.05, 0) is 56.0 Å². The Kier molecular flexibility index (Phi) is 3.82. The van der Waals surface area contributed by atoms with Gasteiger partial charge in [-0.25, -0.2) is 4.79 Å². The molecular formula is C21H21NO4. The lowest BCUT2D eigenvalue weighted by atomic mass is 9.85. The first-order chi connectivity index (χ1) is 12.7. The lowest BCUT2D eigenvalue weighted by Crippen LogP contribution is -2.51. The Balaban J connectivity index is 1.41. The van der Waals surface area contributed by atoms with Crippen LogP contribution in [0.2, 0.25) is 0 Å². The highest BCUT2D eigenvalue weighted by Crippen LogP contribution is 2.30. The number of benzene rings is 1. The van der Waals surface area contributed by atoms with Gasteiger partial charge in [0.25, 0.3) is 0 Å². The van der Waals surface area contributed by atoms with E-state index in [1.807, 2.05) is 18.2 Å². The van der Waals surface area contributed by atoms with Crippen molar-refractivity contribution in [3.63, 3.8) is 0 Å². The Bertz CT molecular complexity index is 963. The van der Waals surface area contributed by atoms with Gasteiger partial charge in [0.1, 0.15) is 28.8 Å². The molecule has 0 aliphatic carbocycles. The second-order valence-electron chi connectivity index (χ2n) is 7.33. The second kappa shape index (κ2) is 6.32. The lowest BCUT2D eigenvalue weighted by molar-refractivity contribution is 0.0928. The summed E-state index contributed by atoms with van der Waals surface area (Å²) in [5, 5.41) is 4.53. The fourth-order valence-electron chi connectivity index (χ4n) is 4.27. The van der Waals surface area contributed by atoms with E-state index in [0.29, 0.717) is 29.0 Å². The van der Waals surface area contributed by atoms with Crippen molar-refractivity contribution in [1.82, 2.24) is 5.32 Å². The molecule has 4 heterocycles. The Hall–Kier alpha value is -2.53. The van der Waals surface area contributed by atoms with Gasteiger partial charge in [0.2, 0.25) is 0 Å². The topological polar surface area (TPSA) is 64.6 Å².